The van der Waals surface area contributed by atoms with Crippen LogP contribution >= 0.6 is 24.0 Å². The maximum Gasteiger partial charge on any atom is 0.221 e. The average Bonchev–Trinajstić information content (AvgIpc) is 2.35. The number of hydrogen-bond donors (Lipinski definition) is 3. The van der Waals surface area contributed by atoms with Gasteiger partial charge in [-0.3, -0.25) is 9.79 Å². The predicted octanol–water partition coefficient (Wildman–Crippen LogP) is 2.12. The van der Waals surface area contributed by atoms with Crippen molar-refractivity contribution >= 4 is 35.8 Å². The van der Waals surface area contributed by atoms with Crippen LogP contribution in [0, 0.1) is 5.92 Å². The van der Waals surface area contributed by atoms with E-state index in [-0.39, 0.29) is 35.9 Å². The van der Waals surface area contributed by atoms with Crippen LogP contribution in [0.5, 0.6) is 0 Å². The molecule has 0 spiro atoms. The maximum absolute atomic E-state index is 11.6. The SMILES string of the molecule is CCNC(=NCC(C)C)NCCC(=O)NC(C)CC.I. The van der Waals surface area contributed by atoms with Gasteiger partial charge in [-0.05, 0) is 26.2 Å². The molecule has 1 amide bonds. The largest absolute Gasteiger partial charge is 0.357 e. The minimum absolute atomic E-state index is 0. The fraction of sp³-hybridized carbons (Fsp3) is 0.857. The number of rotatable bonds is 8. The second-order valence-corrected chi connectivity index (χ2v) is 5.17. The van der Waals surface area contributed by atoms with Gasteiger partial charge in [0.1, 0.15) is 0 Å². The smallest absolute Gasteiger partial charge is 0.221 e. The molecule has 0 aliphatic heterocycles. The molecule has 0 saturated carbocycles. The van der Waals surface area contributed by atoms with Crippen LogP contribution in [-0.4, -0.2) is 37.5 Å². The number of carbonyl (C=O) groups is 1. The first-order valence-corrected chi connectivity index (χ1v) is 7.31. The van der Waals surface area contributed by atoms with Crippen molar-refractivity contribution in [1.82, 2.24) is 16.0 Å². The van der Waals surface area contributed by atoms with Crippen LogP contribution in [0.15, 0.2) is 4.99 Å². The molecule has 0 aromatic rings. The van der Waals surface area contributed by atoms with E-state index < -0.39 is 0 Å². The lowest BCUT2D eigenvalue weighted by molar-refractivity contribution is -0.121. The highest BCUT2D eigenvalue weighted by Crippen LogP contribution is 1.92. The zero-order valence-corrected chi connectivity index (χ0v) is 15.8. The van der Waals surface area contributed by atoms with Crippen molar-refractivity contribution in [3.8, 4) is 0 Å². The summed E-state index contributed by atoms with van der Waals surface area (Å²) in [5.41, 5.74) is 0. The Hall–Kier alpha value is -0.530. The number of carbonyl (C=O) groups excluding carboxylic acids is 1. The summed E-state index contributed by atoms with van der Waals surface area (Å²) in [5.74, 6) is 1.40. The van der Waals surface area contributed by atoms with Gasteiger partial charge >= 0.3 is 0 Å². The zero-order chi connectivity index (χ0) is 14.7. The molecule has 0 aromatic heterocycles. The third-order valence-corrected chi connectivity index (χ3v) is 2.62. The molecule has 0 bridgehead atoms. The molecule has 0 aromatic carbocycles. The van der Waals surface area contributed by atoms with Gasteiger partial charge in [0.25, 0.3) is 0 Å². The van der Waals surface area contributed by atoms with E-state index in [0.717, 1.165) is 25.5 Å². The molecule has 6 heteroatoms. The van der Waals surface area contributed by atoms with Crippen molar-refractivity contribution in [2.75, 3.05) is 19.6 Å². The summed E-state index contributed by atoms with van der Waals surface area (Å²) in [6.45, 7) is 12.6. The third kappa shape index (κ3) is 12.5. The molecule has 0 fully saturated rings. The Morgan fingerprint density at radius 3 is 2.30 bits per heavy atom. The number of aliphatic imine (C=N–C) groups is 1. The molecule has 1 atom stereocenters. The first-order valence-electron chi connectivity index (χ1n) is 7.31. The molecule has 0 rings (SSSR count). The van der Waals surface area contributed by atoms with Gasteiger partial charge in [-0.1, -0.05) is 20.8 Å². The van der Waals surface area contributed by atoms with Gasteiger partial charge in [-0.25, -0.2) is 0 Å². The summed E-state index contributed by atoms with van der Waals surface area (Å²) in [4.78, 5) is 16.1. The van der Waals surface area contributed by atoms with Crippen molar-refractivity contribution in [2.45, 2.75) is 53.5 Å². The van der Waals surface area contributed by atoms with Crippen molar-refractivity contribution in [3.05, 3.63) is 0 Å². The topological polar surface area (TPSA) is 65.5 Å². The van der Waals surface area contributed by atoms with E-state index in [2.05, 4.69) is 41.7 Å². The Balaban J connectivity index is 0. The molecule has 20 heavy (non-hydrogen) atoms. The second-order valence-electron chi connectivity index (χ2n) is 5.17. The molecule has 0 aliphatic rings. The summed E-state index contributed by atoms with van der Waals surface area (Å²) < 4.78 is 0. The molecule has 3 N–H and O–H groups in total. The number of nitrogens with zero attached hydrogens (tertiary/aromatic N) is 1. The number of guanidine groups is 1. The van der Waals surface area contributed by atoms with E-state index in [1.165, 1.54) is 0 Å². The molecule has 120 valence electrons. The Morgan fingerprint density at radius 1 is 1.15 bits per heavy atom. The number of amides is 1. The molecule has 0 aliphatic carbocycles. The van der Waals surface area contributed by atoms with Crippen LogP contribution in [0.3, 0.4) is 0 Å². The molecule has 0 heterocycles. The van der Waals surface area contributed by atoms with Gasteiger partial charge < -0.3 is 16.0 Å². The highest BCUT2D eigenvalue weighted by molar-refractivity contribution is 14.0. The van der Waals surface area contributed by atoms with Crippen molar-refractivity contribution in [2.24, 2.45) is 10.9 Å². The molecule has 0 saturated heterocycles. The normalized spacial score (nSPS) is 12.6. The fourth-order valence-corrected chi connectivity index (χ4v) is 1.36. The first kappa shape index (κ1) is 21.8. The lowest BCUT2D eigenvalue weighted by atomic mass is 10.2. The minimum atomic E-state index is 0. The standard InChI is InChI=1S/C14H30N4O.HI/c1-6-12(5)18-13(19)8-9-16-14(15-7-2)17-10-11(3)4;/h11-12H,6-10H2,1-5H3,(H,18,19)(H2,15,16,17);1H. The van der Waals surface area contributed by atoms with E-state index in [0.29, 0.717) is 18.9 Å². The summed E-state index contributed by atoms with van der Waals surface area (Å²) >= 11 is 0. The molecule has 5 nitrogen and oxygen atoms in total. The van der Waals surface area contributed by atoms with Crippen LogP contribution in [0.1, 0.15) is 47.5 Å². The molecular formula is C14H31IN4O. The Morgan fingerprint density at radius 2 is 1.80 bits per heavy atom. The Kier molecular flexibility index (Phi) is 14.6. The lowest BCUT2D eigenvalue weighted by Crippen LogP contribution is -2.40. The monoisotopic (exact) mass is 398 g/mol. The quantitative estimate of drug-likeness (QED) is 0.333. The van der Waals surface area contributed by atoms with Crippen molar-refractivity contribution in [1.29, 1.82) is 0 Å². The van der Waals surface area contributed by atoms with E-state index >= 15 is 0 Å². The highest BCUT2D eigenvalue weighted by atomic mass is 127. The average molecular weight is 398 g/mol. The third-order valence-electron chi connectivity index (χ3n) is 2.62. The summed E-state index contributed by atoms with van der Waals surface area (Å²) in [6, 6.07) is 0.246. The number of nitrogens with one attached hydrogen (secondary N) is 3. The van der Waals surface area contributed by atoms with E-state index in [1.54, 1.807) is 0 Å². The summed E-state index contributed by atoms with van der Waals surface area (Å²) in [7, 11) is 0. The number of halogens is 1. The molecular weight excluding hydrogens is 367 g/mol. The van der Waals surface area contributed by atoms with Gasteiger partial charge in [0.2, 0.25) is 5.91 Å². The van der Waals surface area contributed by atoms with Crippen molar-refractivity contribution < 1.29 is 4.79 Å². The van der Waals surface area contributed by atoms with Crippen LogP contribution in [-0.2, 0) is 4.79 Å². The summed E-state index contributed by atoms with van der Waals surface area (Å²) in [5, 5.41) is 9.29. The molecule has 1 unspecified atom stereocenters. The van der Waals surface area contributed by atoms with Gasteiger partial charge in [-0.15, -0.1) is 24.0 Å². The molecule has 0 radical (unpaired) electrons. The van der Waals surface area contributed by atoms with E-state index in [4.69, 9.17) is 0 Å². The maximum atomic E-state index is 11.6. The van der Waals surface area contributed by atoms with Gasteiger partial charge in [0, 0.05) is 32.1 Å². The second kappa shape index (κ2) is 13.5. The van der Waals surface area contributed by atoms with E-state index in [9.17, 15) is 4.79 Å². The predicted molar refractivity (Wildman–Crippen MR) is 96.7 cm³/mol. The van der Waals surface area contributed by atoms with Gasteiger partial charge in [0.05, 0.1) is 0 Å². The zero-order valence-electron chi connectivity index (χ0n) is 13.5. The fourth-order valence-electron chi connectivity index (χ4n) is 1.36. The highest BCUT2D eigenvalue weighted by Gasteiger charge is 2.05. The van der Waals surface area contributed by atoms with Gasteiger partial charge in [-0.2, -0.15) is 0 Å². The van der Waals surface area contributed by atoms with E-state index in [1.807, 2.05) is 13.8 Å². The Bertz CT molecular complexity index is 282. The Labute approximate surface area is 140 Å². The van der Waals surface area contributed by atoms with Gasteiger partial charge in [0.15, 0.2) is 5.96 Å². The number of hydrogen-bond acceptors (Lipinski definition) is 2. The van der Waals surface area contributed by atoms with Crippen molar-refractivity contribution in [3.63, 3.8) is 0 Å². The summed E-state index contributed by atoms with van der Waals surface area (Å²) in [6.07, 6.45) is 1.42. The van der Waals surface area contributed by atoms with Crippen LogP contribution in [0.25, 0.3) is 0 Å². The van der Waals surface area contributed by atoms with Crippen LogP contribution in [0.2, 0.25) is 0 Å². The van der Waals surface area contributed by atoms with Crippen LogP contribution < -0.4 is 16.0 Å². The van der Waals surface area contributed by atoms with Crippen LogP contribution in [0.4, 0.5) is 0 Å². The first-order chi connectivity index (χ1) is 8.99. The lowest BCUT2D eigenvalue weighted by Gasteiger charge is -2.13. The minimum Gasteiger partial charge on any atom is -0.357 e.